The van der Waals surface area contributed by atoms with Gasteiger partial charge in [0.1, 0.15) is 11.9 Å². The summed E-state index contributed by atoms with van der Waals surface area (Å²) in [6.45, 7) is 5.26. The zero-order chi connectivity index (χ0) is 20.7. The molecule has 1 saturated carbocycles. The molecule has 1 amide bonds. The van der Waals surface area contributed by atoms with Gasteiger partial charge < -0.3 is 19.5 Å². The predicted molar refractivity (Wildman–Crippen MR) is 107 cm³/mol. The Morgan fingerprint density at radius 2 is 2.03 bits per heavy atom. The summed E-state index contributed by atoms with van der Waals surface area (Å²) in [5, 5.41) is 10.0. The number of Topliss-reactive ketones (excluding diaryl/α,β-unsaturated/α-hetero) is 1. The first kappa shape index (κ1) is 20.0. The summed E-state index contributed by atoms with van der Waals surface area (Å²) in [4.78, 5) is 28.6. The Morgan fingerprint density at radius 3 is 2.76 bits per heavy atom. The van der Waals surface area contributed by atoms with Crippen molar-refractivity contribution in [2.75, 3.05) is 20.3 Å². The minimum atomic E-state index is -0.526. The van der Waals surface area contributed by atoms with Crippen LogP contribution in [0.25, 0.3) is 0 Å². The van der Waals surface area contributed by atoms with Crippen molar-refractivity contribution < 1.29 is 24.2 Å². The Hall–Kier alpha value is -2.34. The number of amides is 1. The highest BCUT2D eigenvalue weighted by molar-refractivity contribution is 6.11. The predicted octanol–water partition coefficient (Wildman–Crippen LogP) is 3.22. The van der Waals surface area contributed by atoms with Crippen molar-refractivity contribution in [3.8, 4) is 5.75 Å². The highest BCUT2D eigenvalue weighted by Crippen LogP contribution is 2.49. The lowest BCUT2D eigenvalue weighted by atomic mass is 9.70. The van der Waals surface area contributed by atoms with Crippen LogP contribution >= 0.6 is 0 Å². The molecule has 2 aliphatic heterocycles. The van der Waals surface area contributed by atoms with Crippen LogP contribution < -0.4 is 0 Å². The number of benzene rings is 1. The van der Waals surface area contributed by atoms with E-state index in [0.29, 0.717) is 31.1 Å². The molecule has 0 radical (unpaired) electrons. The number of ketones is 1. The Bertz CT molecular complexity index is 847. The average Bonchev–Trinajstić information content (AvgIpc) is 2.96. The molecule has 1 fully saturated rings. The highest BCUT2D eigenvalue weighted by Gasteiger charge is 2.53. The van der Waals surface area contributed by atoms with Gasteiger partial charge >= 0.3 is 0 Å². The van der Waals surface area contributed by atoms with Crippen molar-refractivity contribution in [2.24, 2.45) is 17.8 Å². The molecule has 6 nitrogen and oxygen atoms in total. The van der Waals surface area contributed by atoms with Crippen molar-refractivity contribution in [3.05, 3.63) is 41.2 Å². The van der Waals surface area contributed by atoms with Gasteiger partial charge in [-0.15, -0.1) is 0 Å². The van der Waals surface area contributed by atoms with Crippen molar-refractivity contribution in [1.29, 1.82) is 0 Å². The average molecular weight is 399 g/mol. The van der Waals surface area contributed by atoms with Crippen LogP contribution in [-0.4, -0.2) is 48.1 Å². The van der Waals surface area contributed by atoms with Gasteiger partial charge in [0.15, 0.2) is 11.5 Å². The molecule has 1 aromatic carbocycles. The van der Waals surface area contributed by atoms with Gasteiger partial charge in [-0.1, -0.05) is 26.0 Å². The van der Waals surface area contributed by atoms with Gasteiger partial charge in [-0.25, -0.2) is 0 Å². The number of rotatable bonds is 5. The fourth-order valence-corrected chi connectivity index (χ4v) is 5.27. The first-order valence-electron chi connectivity index (χ1n) is 10.5. The number of phenolic OH excluding ortho intramolecular Hbond substituents is 1. The Balaban J connectivity index is 1.75. The van der Waals surface area contributed by atoms with E-state index in [0.717, 1.165) is 18.4 Å². The summed E-state index contributed by atoms with van der Waals surface area (Å²) < 4.78 is 11.4. The smallest absolute Gasteiger partial charge is 0.290 e. The number of nitrogens with zero attached hydrogens (tertiary/aromatic N) is 1. The van der Waals surface area contributed by atoms with Gasteiger partial charge in [-0.2, -0.15) is 0 Å². The molecule has 3 aliphatic rings. The van der Waals surface area contributed by atoms with E-state index in [-0.39, 0.29) is 41.1 Å². The molecule has 2 heterocycles. The van der Waals surface area contributed by atoms with Crippen LogP contribution in [0, 0.1) is 17.8 Å². The molecular formula is C23H29NO5. The van der Waals surface area contributed by atoms with Crippen molar-refractivity contribution in [3.63, 3.8) is 0 Å². The van der Waals surface area contributed by atoms with E-state index in [1.54, 1.807) is 30.2 Å². The second-order valence-electron chi connectivity index (χ2n) is 8.69. The second-order valence-corrected chi connectivity index (χ2v) is 8.69. The van der Waals surface area contributed by atoms with Gasteiger partial charge in [0.05, 0.1) is 17.5 Å². The molecule has 1 aliphatic carbocycles. The van der Waals surface area contributed by atoms with E-state index in [1.807, 2.05) is 6.07 Å². The topological polar surface area (TPSA) is 76.1 Å². The van der Waals surface area contributed by atoms with Gasteiger partial charge in [0.2, 0.25) is 0 Å². The molecule has 5 unspecified atom stereocenters. The summed E-state index contributed by atoms with van der Waals surface area (Å²) in [6.07, 6.45) is 2.21. The van der Waals surface area contributed by atoms with Crippen molar-refractivity contribution in [1.82, 2.24) is 4.90 Å². The molecule has 29 heavy (non-hydrogen) atoms. The van der Waals surface area contributed by atoms with E-state index in [2.05, 4.69) is 13.8 Å². The molecule has 0 saturated heterocycles. The van der Waals surface area contributed by atoms with Crippen LogP contribution in [0.4, 0.5) is 0 Å². The standard InChI is InChI=1S/C23H29NO5/c1-13-10-14(2)21-17(11-13)20(26)18-19(15-6-4-7-16(25)12-15)24(8-5-9-28-3)23(27)22(18)29-21/h4,6-7,12-14,17,19,21,25H,5,8-11H2,1-3H3. The molecule has 0 bridgehead atoms. The number of fused-ring (bicyclic) bond motifs is 1. The molecule has 1 N–H and O–H groups in total. The van der Waals surface area contributed by atoms with Crippen molar-refractivity contribution >= 4 is 11.7 Å². The highest BCUT2D eigenvalue weighted by atomic mass is 16.5. The van der Waals surface area contributed by atoms with E-state index < -0.39 is 6.04 Å². The fraction of sp³-hybridized carbons (Fsp3) is 0.565. The lowest BCUT2D eigenvalue weighted by molar-refractivity contribution is -0.139. The molecule has 156 valence electrons. The summed E-state index contributed by atoms with van der Waals surface area (Å²) in [6, 6.07) is 6.28. The van der Waals surface area contributed by atoms with E-state index in [9.17, 15) is 14.7 Å². The van der Waals surface area contributed by atoms with Gasteiger partial charge in [-0.3, -0.25) is 9.59 Å². The number of hydrogen-bond acceptors (Lipinski definition) is 5. The second kappa shape index (κ2) is 7.82. The summed E-state index contributed by atoms with van der Waals surface area (Å²) in [5.74, 6) is 0.601. The SMILES string of the molecule is COCCCN1C(=O)C2=C(C(=O)C3CC(C)CC(C)C3O2)C1c1cccc(O)c1. The summed E-state index contributed by atoms with van der Waals surface area (Å²) in [7, 11) is 1.63. The number of ether oxygens (including phenoxy) is 2. The molecule has 4 rings (SSSR count). The van der Waals surface area contributed by atoms with Crippen molar-refractivity contribution in [2.45, 2.75) is 45.3 Å². The third-order valence-corrected chi connectivity index (χ3v) is 6.46. The minimum absolute atomic E-state index is 0.0329. The van der Waals surface area contributed by atoms with Gasteiger partial charge in [0, 0.05) is 20.3 Å². The lowest BCUT2D eigenvalue weighted by Crippen LogP contribution is -2.45. The van der Waals surface area contributed by atoms with Crippen LogP contribution in [0.3, 0.4) is 0 Å². The number of carbonyl (C=O) groups excluding carboxylic acids is 2. The van der Waals surface area contributed by atoms with Crippen LogP contribution in [0.15, 0.2) is 35.6 Å². The molecule has 0 aromatic heterocycles. The molecular weight excluding hydrogens is 370 g/mol. The third kappa shape index (κ3) is 3.44. The zero-order valence-electron chi connectivity index (χ0n) is 17.3. The van der Waals surface area contributed by atoms with Gasteiger partial charge in [0.25, 0.3) is 5.91 Å². The molecule has 6 heteroatoms. The maximum Gasteiger partial charge on any atom is 0.290 e. The summed E-state index contributed by atoms with van der Waals surface area (Å²) in [5.41, 5.74) is 1.19. The normalized spacial score (nSPS) is 31.6. The Kier molecular flexibility index (Phi) is 5.38. The van der Waals surface area contributed by atoms with E-state index in [1.165, 1.54) is 0 Å². The molecule has 0 spiro atoms. The minimum Gasteiger partial charge on any atom is -0.508 e. The maximum atomic E-state index is 13.6. The fourth-order valence-electron chi connectivity index (χ4n) is 5.27. The first-order chi connectivity index (χ1) is 13.9. The molecule has 5 atom stereocenters. The lowest BCUT2D eigenvalue weighted by Gasteiger charge is -2.41. The van der Waals surface area contributed by atoms with Gasteiger partial charge in [-0.05, 0) is 48.8 Å². The number of methoxy groups -OCH3 is 1. The maximum absolute atomic E-state index is 13.6. The van der Waals surface area contributed by atoms with Crippen LogP contribution in [-0.2, 0) is 19.1 Å². The number of carbonyl (C=O) groups is 2. The summed E-state index contributed by atoms with van der Waals surface area (Å²) >= 11 is 0. The van der Waals surface area contributed by atoms with Crippen LogP contribution in [0.5, 0.6) is 5.75 Å². The zero-order valence-corrected chi connectivity index (χ0v) is 17.3. The Morgan fingerprint density at radius 1 is 1.24 bits per heavy atom. The molecule has 1 aromatic rings. The van der Waals surface area contributed by atoms with Crippen LogP contribution in [0.2, 0.25) is 0 Å². The first-order valence-corrected chi connectivity index (χ1v) is 10.5. The largest absolute Gasteiger partial charge is 0.508 e. The number of hydrogen-bond donors (Lipinski definition) is 1. The monoisotopic (exact) mass is 399 g/mol. The quantitative estimate of drug-likeness (QED) is 0.770. The number of aromatic hydroxyl groups is 1. The van der Waals surface area contributed by atoms with Crippen LogP contribution in [0.1, 0.15) is 44.7 Å². The number of phenols is 1. The Labute approximate surface area is 171 Å². The van der Waals surface area contributed by atoms with E-state index >= 15 is 0 Å². The third-order valence-electron chi connectivity index (χ3n) is 6.46. The van der Waals surface area contributed by atoms with E-state index in [4.69, 9.17) is 9.47 Å².